The van der Waals surface area contributed by atoms with Gasteiger partial charge in [-0.05, 0) is 38.5 Å². The number of carbonyl (C=O) groups excluding carboxylic acids is 3. The molecular weight excluding hydrogens is 544 g/mol. The molecule has 2 amide bonds. The summed E-state index contributed by atoms with van der Waals surface area (Å²) in [6.07, 6.45) is 24.2. The highest BCUT2D eigenvalue weighted by Crippen LogP contribution is 2.16. The minimum absolute atomic E-state index is 0.0132. The molecule has 0 radical (unpaired) electrons. The van der Waals surface area contributed by atoms with Crippen LogP contribution in [0.25, 0.3) is 0 Å². The SMILES string of the molecule is CCCCCCCCCCCC(=O)OC(CCCCCCCCCCC)CC(=O)NC(CO)CCCNC(=O)CCCO. The number of hydrogen-bond donors (Lipinski definition) is 4. The average molecular weight is 613 g/mol. The van der Waals surface area contributed by atoms with Crippen LogP contribution in [-0.4, -0.2) is 59.9 Å². The third-order valence-corrected chi connectivity index (χ3v) is 8.02. The highest BCUT2D eigenvalue weighted by Gasteiger charge is 2.20. The third-order valence-electron chi connectivity index (χ3n) is 8.02. The summed E-state index contributed by atoms with van der Waals surface area (Å²) in [7, 11) is 0. The van der Waals surface area contributed by atoms with Gasteiger partial charge in [0.2, 0.25) is 11.8 Å². The van der Waals surface area contributed by atoms with Crippen LogP contribution >= 0.6 is 0 Å². The molecule has 0 rings (SSSR count). The van der Waals surface area contributed by atoms with E-state index < -0.39 is 12.1 Å². The fraction of sp³-hybridized carbons (Fsp3) is 0.914. The minimum Gasteiger partial charge on any atom is -0.462 e. The fourth-order valence-corrected chi connectivity index (χ4v) is 5.32. The van der Waals surface area contributed by atoms with Gasteiger partial charge in [0.1, 0.15) is 6.10 Å². The molecule has 0 fully saturated rings. The normalized spacial score (nSPS) is 12.6. The molecule has 0 aromatic carbocycles. The molecular formula is C35H68N2O6. The molecule has 2 unspecified atom stereocenters. The number of hydrogen-bond acceptors (Lipinski definition) is 6. The van der Waals surface area contributed by atoms with E-state index in [0.717, 1.165) is 32.1 Å². The van der Waals surface area contributed by atoms with E-state index in [1.54, 1.807) is 0 Å². The Morgan fingerprint density at radius 2 is 1.14 bits per heavy atom. The zero-order valence-electron chi connectivity index (χ0n) is 28.0. The summed E-state index contributed by atoms with van der Waals surface area (Å²) in [6.45, 7) is 4.71. The van der Waals surface area contributed by atoms with Crippen molar-refractivity contribution in [3.8, 4) is 0 Å². The lowest BCUT2D eigenvalue weighted by atomic mass is 10.0. The predicted octanol–water partition coefficient (Wildman–Crippen LogP) is 7.28. The van der Waals surface area contributed by atoms with E-state index in [1.807, 2.05) is 0 Å². The van der Waals surface area contributed by atoms with E-state index in [2.05, 4.69) is 24.5 Å². The standard InChI is InChI=1S/C35H68N2O6/c1-3-5-7-9-11-13-15-17-19-24-32(43-35(42)26-20-18-16-14-12-10-8-6-4-2)29-34(41)37-31(30-39)23-21-27-36-33(40)25-22-28-38/h31-32,38-39H,3-30H2,1-2H3,(H,36,40)(H,37,41). The van der Waals surface area contributed by atoms with Crippen LogP contribution in [0.2, 0.25) is 0 Å². The first-order chi connectivity index (χ1) is 21.0. The topological polar surface area (TPSA) is 125 Å². The Bertz CT molecular complexity index is 660. The number of aliphatic hydroxyl groups is 2. The summed E-state index contributed by atoms with van der Waals surface area (Å²) in [5.41, 5.74) is 0. The first-order valence-corrected chi connectivity index (χ1v) is 17.9. The minimum atomic E-state index is -0.444. The molecule has 0 saturated carbocycles. The number of nitrogens with one attached hydrogen (secondary N) is 2. The quantitative estimate of drug-likeness (QED) is 0.0468. The molecule has 0 aromatic rings. The second-order valence-corrected chi connectivity index (χ2v) is 12.3. The highest BCUT2D eigenvalue weighted by molar-refractivity contribution is 5.77. The largest absolute Gasteiger partial charge is 0.462 e. The molecule has 2 atom stereocenters. The van der Waals surface area contributed by atoms with Crippen LogP contribution < -0.4 is 10.6 Å². The smallest absolute Gasteiger partial charge is 0.306 e. The average Bonchev–Trinajstić information content (AvgIpc) is 2.99. The maximum atomic E-state index is 12.8. The van der Waals surface area contributed by atoms with Gasteiger partial charge >= 0.3 is 5.97 Å². The Morgan fingerprint density at radius 3 is 1.67 bits per heavy atom. The summed E-state index contributed by atoms with van der Waals surface area (Å²) in [5.74, 6) is -0.544. The molecule has 0 spiro atoms. The van der Waals surface area contributed by atoms with E-state index in [4.69, 9.17) is 9.84 Å². The summed E-state index contributed by atoms with van der Waals surface area (Å²) in [4.78, 5) is 37.2. The van der Waals surface area contributed by atoms with Gasteiger partial charge in [-0.3, -0.25) is 14.4 Å². The number of esters is 1. The van der Waals surface area contributed by atoms with Crippen LogP contribution in [-0.2, 0) is 19.1 Å². The monoisotopic (exact) mass is 613 g/mol. The fourth-order valence-electron chi connectivity index (χ4n) is 5.32. The molecule has 4 N–H and O–H groups in total. The lowest BCUT2D eigenvalue weighted by Gasteiger charge is -2.21. The third kappa shape index (κ3) is 28.8. The molecule has 0 heterocycles. The number of amides is 2. The Balaban J connectivity index is 4.53. The van der Waals surface area contributed by atoms with Crippen molar-refractivity contribution in [3.05, 3.63) is 0 Å². The van der Waals surface area contributed by atoms with E-state index in [9.17, 15) is 19.5 Å². The van der Waals surface area contributed by atoms with Gasteiger partial charge in [-0.1, -0.05) is 117 Å². The first kappa shape index (κ1) is 41.3. The predicted molar refractivity (Wildman–Crippen MR) is 176 cm³/mol. The van der Waals surface area contributed by atoms with Crippen molar-refractivity contribution >= 4 is 17.8 Å². The van der Waals surface area contributed by atoms with Crippen LogP contribution in [0.3, 0.4) is 0 Å². The molecule has 0 bridgehead atoms. The maximum absolute atomic E-state index is 12.8. The summed E-state index contributed by atoms with van der Waals surface area (Å²) >= 11 is 0. The molecule has 43 heavy (non-hydrogen) atoms. The Hall–Kier alpha value is -1.67. The summed E-state index contributed by atoms with van der Waals surface area (Å²) < 4.78 is 5.81. The molecule has 0 saturated heterocycles. The maximum Gasteiger partial charge on any atom is 0.306 e. The van der Waals surface area contributed by atoms with Crippen molar-refractivity contribution in [1.82, 2.24) is 10.6 Å². The van der Waals surface area contributed by atoms with E-state index in [-0.39, 0.29) is 43.8 Å². The van der Waals surface area contributed by atoms with Gasteiger partial charge in [-0.15, -0.1) is 0 Å². The van der Waals surface area contributed by atoms with Gasteiger partial charge in [-0.2, -0.15) is 0 Å². The summed E-state index contributed by atoms with van der Waals surface area (Å²) in [6, 6.07) is -0.409. The van der Waals surface area contributed by atoms with Crippen LogP contribution in [0, 0.1) is 0 Å². The summed E-state index contributed by atoms with van der Waals surface area (Å²) in [5, 5.41) is 24.3. The van der Waals surface area contributed by atoms with Crippen LogP contribution in [0.15, 0.2) is 0 Å². The molecule has 8 nitrogen and oxygen atoms in total. The zero-order chi connectivity index (χ0) is 31.8. The second kappa shape index (κ2) is 31.7. The molecule has 0 aliphatic rings. The highest BCUT2D eigenvalue weighted by atomic mass is 16.5. The first-order valence-electron chi connectivity index (χ1n) is 17.9. The molecule has 0 aliphatic carbocycles. The number of aliphatic hydroxyl groups excluding tert-OH is 2. The number of ether oxygens (including phenoxy) is 1. The van der Waals surface area contributed by atoms with Crippen molar-refractivity contribution in [1.29, 1.82) is 0 Å². The van der Waals surface area contributed by atoms with E-state index >= 15 is 0 Å². The molecule has 8 heteroatoms. The number of unbranched alkanes of at least 4 members (excludes halogenated alkanes) is 16. The van der Waals surface area contributed by atoms with Crippen LogP contribution in [0.5, 0.6) is 0 Å². The van der Waals surface area contributed by atoms with Crippen LogP contribution in [0.1, 0.15) is 174 Å². The van der Waals surface area contributed by atoms with Crippen molar-refractivity contribution in [3.63, 3.8) is 0 Å². The lowest BCUT2D eigenvalue weighted by Crippen LogP contribution is -2.40. The van der Waals surface area contributed by atoms with Gasteiger partial charge in [0.05, 0.1) is 19.1 Å². The van der Waals surface area contributed by atoms with Gasteiger partial charge in [0, 0.05) is 26.0 Å². The Kier molecular flexibility index (Phi) is 30.5. The Morgan fingerprint density at radius 1 is 0.605 bits per heavy atom. The zero-order valence-corrected chi connectivity index (χ0v) is 28.0. The van der Waals surface area contributed by atoms with Gasteiger partial charge in [0.25, 0.3) is 0 Å². The molecule has 0 aromatic heterocycles. The van der Waals surface area contributed by atoms with E-state index in [0.29, 0.717) is 38.6 Å². The molecule has 0 aliphatic heterocycles. The van der Waals surface area contributed by atoms with Gasteiger partial charge in [-0.25, -0.2) is 0 Å². The van der Waals surface area contributed by atoms with Crippen molar-refractivity contribution in [2.75, 3.05) is 19.8 Å². The number of carbonyl (C=O) groups is 3. The van der Waals surface area contributed by atoms with Gasteiger partial charge < -0.3 is 25.6 Å². The lowest BCUT2D eigenvalue weighted by molar-refractivity contribution is -0.151. The Labute approximate surface area is 263 Å². The number of rotatable bonds is 32. The van der Waals surface area contributed by atoms with Crippen molar-refractivity contribution in [2.24, 2.45) is 0 Å². The van der Waals surface area contributed by atoms with Gasteiger partial charge in [0.15, 0.2) is 0 Å². The van der Waals surface area contributed by atoms with Crippen LogP contribution in [0.4, 0.5) is 0 Å². The van der Waals surface area contributed by atoms with E-state index in [1.165, 1.54) is 83.5 Å². The van der Waals surface area contributed by atoms with Crippen molar-refractivity contribution < 1.29 is 29.3 Å². The molecule has 254 valence electrons. The second-order valence-electron chi connectivity index (χ2n) is 12.3. The van der Waals surface area contributed by atoms with Crippen molar-refractivity contribution in [2.45, 2.75) is 187 Å².